The molecule has 0 radical (unpaired) electrons. The third-order valence-corrected chi connectivity index (χ3v) is 3.63. The van der Waals surface area contributed by atoms with Gasteiger partial charge in [-0.05, 0) is 63.8 Å². The molecule has 0 saturated heterocycles. The number of benzene rings is 1. The smallest absolute Gasteiger partial charge is 0.270 e. The summed E-state index contributed by atoms with van der Waals surface area (Å²) in [5, 5.41) is 6.64. The number of nitrogens with zero attached hydrogens (tertiary/aromatic N) is 3. The van der Waals surface area contributed by atoms with E-state index in [1.54, 1.807) is 18.3 Å². The van der Waals surface area contributed by atoms with Crippen molar-refractivity contribution in [2.75, 3.05) is 32.5 Å². The first-order chi connectivity index (χ1) is 11.5. The number of amides is 1. The van der Waals surface area contributed by atoms with Crippen LogP contribution in [0.5, 0.6) is 0 Å². The van der Waals surface area contributed by atoms with Gasteiger partial charge in [-0.15, -0.1) is 0 Å². The van der Waals surface area contributed by atoms with E-state index in [2.05, 4.69) is 25.5 Å². The van der Waals surface area contributed by atoms with E-state index in [1.165, 1.54) is 0 Å². The highest BCUT2D eigenvalue weighted by Gasteiger charge is 2.09. The highest BCUT2D eigenvalue weighted by molar-refractivity contribution is 6.30. The number of hydrogen-bond donors (Lipinski definition) is 2. The summed E-state index contributed by atoms with van der Waals surface area (Å²) in [6.07, 6.45) is 2.45. The van der Waals surface area contributed by atoms with Crippen LogP contribution in [-0.4, -0.2) is 48.0 Å². The maximum Gasteiger partial charge on any atom is 0.270 e. The Morgan fingerprint density at radius 2 is 2.08 bits per heavy atom. The lowest BCUT2D eigenvalue weighted by molar-refractivity contribution is 0.0947. The molecule has 0 aliphatic carbocycles. The fourth-order valence-electron chi connectivity index (χ4n) is 2.12. The third-order valence-electron chi connectivity index (χ3n) is 3.39. The SMILES string of the molecule is Cc1cc(Cl)ccc1Nc1nccc(C(=O)NCCCN(C)C)n1. The van der Waals surface area contributed by atoms with Crippen molar-refractivity contribution in [1.82, 2.24) is 20.2 Å². The Kier molecular flexibility index (Phi) is 6.52. The van der Waals surface area contributed by atoms with Crippen molar-refractivity contribution in [1.29, 1.82) is 0 Å². The van der Waals surface area contributed by atoms with Gasteiger partial charge in [-0.1, -0.05) is 11.6 Å². The minimum absolute atomic E-state index is 0.202. The van der Waals surface area contributed by atoms with Crippen molar-refractivity contribution >= 4 is 29.1 Å². The van der Waals surface area contributed by atoms with E-state index in [0.717, 1.165) is 24.2 Å². The number of nitrogens with one attached hydrogen (secondary N) is 2. The second-order valence-corrected chi connectivity index (χ2v) is 6.20. The van der Waals surface area contributed by atoms with E-state index in [0.29, 0.717) is 23.2 Å². The molecule has 2 aromatic rings. The molecule has 0 spiro atoms. The van der Waals surface area contributed by atoms with Crippen LogP contribution in [0.1, 0.15) is 22.5 Å². The Morgan fingerprint density at radius 1 is 1.29 bits per heavy atom. The lowest BCUT2D eigenvalue weighted by Crippen LogP contribution is -2.28. The van der Waals surface area contributed by atoms with Crippen LogP contribution in [0.4, 0.5) is 11.6 Å². The number of aryl methyl sites for hydroxylation is 1. The van der Waals surface area contributed by atoms with Gasteiger partial charge in [-0.2, -0.15) is 0 Å². The van der Waals surface area contributed by atoms with Gasteiger partial charge in [0.05, 0.1) is 0 Å². The average molecular weight is 348 g/mol. The average Bonchev–Trinajstić information content (AvgIpc) is 2.54. The summed E-state index contributed by atoms with van der Waals surface area (Å²) in [5.41, 5.74) is 2.16. The number of rotatable bonds is 7. The fraction of sp³-hybridized carbons (Fsp3) is 0.353. The van der Waals surface area contributed by atoms with Gasteiger partial charge < -0.3 is 15.5 Å². The summed E-state index contributed by atoms with van der Waals surface area (Å²) in [4.78, 5) is 22.6. The zero-order valence-electron chi connectivity index (χ0n) is 14.1. The second kappa shape index (κ2) is 8.61. The number of anilines is 2. The minimum Gasteiger partial charge on any atom is -0.351 e. The van der Waals surface area contributed by atoms with E-state index in [1.807, 2.05) is 33.2 Å². The Morgan fingerprint density at radius 3 is 2.79 bits per heavy atom. The van der Waals surface area contributed by atoms with Gasteiger partial charge in [-0.25, -0.2) is 9.97 Å². The summed E-state index contributed by atoms with van der Waals surface area (Å²) in [6, 6.07) is 7.10. The molecule has 0 atom stereocenters. The lowest BCUT2D eigenvalue weighted by atomic mass is 10.2. The topological polar surface area (TPSA) is 70.2 Å². The van der Waals surface area contributed by atoms with E-state index in [4.69, 9.17) is 11.6 Å². The zero-order chi connectivity index (χ0) is 17.5. The highest BCUT2D eigenvalue weighted by Crippen LogP contribution is 2.21. The van der Waals surface area contributed by atoms with Crippen molar-refractivity contribution in [3.8, 4) is 0 Å². The van der Waals surface area contributed by atoms with Gasteiger partial charge in [0, 0.05) is 23.5 Å². The molecule has 0 unspecified atom stereocenters. The molecule has 1 amide bonds. The molecule has 0 saturated carbocycles. The van der Waals surface area contributed by atoms with Crippen LogP contribution < -0.4 is 10.6 Å². The molecule has 2 N–H and O–H groups in total. The molecule has 2 rings (SSSR count). The Labute approximate surface area is 147 Å². The molecule has 0 fully saturated rings. The van der Waals surface area contributed by atoms with Crippen molar-refractivity contribution in [2.45, 2.75) is 13.3 Å². The minimum atomic E-state index is -0.202. The van der Waals surface area contributed by atoms with Crippen molar-refractivity contribution in [2.24, 2.45) is 0 Å². The Hall–Kier alpha value is -2.18. The molecule has 1 aromatic carbocycles. The van der Waals surface area contributed by atoms with Crippen molar-refractivity contribution in [3.05, 3.63) is 46.7 Å². The third kappa shape index (κ3) is 5.47. The largest absolute Gasteiger partial charge is 0.351 e. The van der Waals surface area contributed by atoms with E-state index < -0.39 is 0 Å². The van der Waals surface area contributed by atoms with Gasteiger partial charge in [0.15, 0.2) is 0 Å². The van der Waals surface area contributed by atoms with Crippen LogP contribution in [0.2, 0.25) is 5.02 Å². The van der Waals surface area contributed by atoms with Crippen LogP contribution in [-0.2, 0) is 0 Å². The summed E-state index contributed by atoms with van der Waals surface area (Å²) in [6.45, 7) is 3.47. The van der Waals surface area contributed by atoms with Crippen LogP contribution in [0.25, 0.3) is 0 Å². The molecular weight excluding hydrogens is 326 g/mol. The van der Waals surface area contributed by atoms with Crippen molar-refractivity contribution in [3.63, 3.8) is 0 Å². The van der Waals surface area contributed by atoms with Crippen LogP contribution in [0.15, 0.2) is 30.5 Å². The van der Waals surface area contributed by atoms with E-state index in [9.17, 15) is 4.79 Å². The predicted molar refractivity (Wildman–Crippen MR) is 97.0 cm³/mol. The van der Waals surface area contributed by atoms with Gasteiger partial charge in [-0.3, -0.25) is 4.79 Å². The van der Waals surface area contributed by atoms with Crippen LogP contribution >= 0.6 is 11.6 Å². The number of hydrogen-bond acceptors (Lipinski definition) is 5. The first kappa shape index (κ1) is 18.2. The Bertz CT molecular complexity index is 705. The molecule has 6 nitrogen and oxygen atoms in total. The summed E-state index contributed by atoms with van der Waals surface area (Å²) < 4.78 is 0. The molecule has 0 aliphatic rings. The Balaban J connectivity index is 1.99. The number of aromatic nitrogens is 2. The number of carbonyl (C=O) groups excluding carboxylic acids is 1. The maximum absolute atomic E-state index is 12.1. The van der Waals surface area contributed by atoms with Crippen LogP contribution in [0.3, 0.4) is 0 Å². The first-order valence-electron chi connectivity index (χ1n) is 7.75. The lowest BCUT2D eigenvalue weighted by Gasteiger charge is -2.11. The second-order valence-electron chi connectivity index (χ2n) is 5.76. The molecule has 128 valence electrons. The normalized spacial score (nSPS) is 10.7. The fourth-order valence-corrected chi connectivity index (χ4v) is 2.35. The summed E-state index contributed by atoms with van der Waals surface area (Å²) in [7, 11) is 4.01. The molecular formula is C17H22ClN5O. The highest BCUT2D eigenvalue weighted by atomic mass is 35.5. The van der Waals surface area contributed by atoms with Crippen molar-refractivity contribution < 1.29 is 4.79 Å². The predicted octanol–water partition coefficient (Wildman–Crippen LogP) is 2.86. The summed E-state index contributed by atoms with van der Waals surface area (Å²) in [5.74, 6) is 0.174. The number of carbonyl (C=O) groups is 1. The zero-order valence-corrected chi connectivity index (χ0v) is 14.9. The summed E-state index contributed by atoms with van der Waals surface area (Å²) >= 11 is 5.95. The molecule has 1 aromatic heterocycles. The molecule has 24 heavy (non-hydrogen) atoms. The van der Waals surface area contributed by atoms with Gasteiger partial charge >= 0.3 is 0 Å². The standard InChI is InChI=1S/C17H22ClN5O/c1-12-11-13(18)5-6-14(12)21-17-20-9-7-15(22-17)16(24)19-8-4-10-23(2)3/h5-7,9,11H,4,8,10H2,1-3H3,(H,19,24)(H,20,21,22). The quantitative estimate of drug-likeness (QED) is 0.754. The first-order valence-corrected chi connectivity index (χ1v) is 8.12. The molecule has 7 heteroatoms. The monoisotopic (exact) mass is 347 g/mol. The molecule has 0 aliphatic heterocycles. The van der Waals surface area contributed by atoms with Gasteiger partial charge in [0.2, 0.25) is 5.95 Å². The molecule has 0 bridgehead atoms. The van der Waals surface area contributed by atoms with Crippen LogP contribution in [0, 0.1) is 6.92 Å². The van der Waals surface area contributed by atoms with Gasteiger partial charge in [0.25, 0.3) is 5.91 Å². The molecule has 1 heterocycles. The van der Waals surface area contributed by atoms with E-state index >= 15 is 0 Å². The van der Waals surface area contributed by atoms with E-state index in [-0.39, 0.29) is 5.91 Å². The number of halogens is 1. The van der Waals surface area contributed by atoms with Gasteiger partial charge in [0.1, 0.15) is 5.69 Å². The maximum atomic E-state index is 12.1.